The number of thiophene rings is 2. The molecule has 0 saturated heterocycles. The lowest BCUT2D eigenvalue weighted by molar-refractivity contribution is 1.77. The van der Waals surface area contributed by atoms with Crippen LogP contribution in [0.4, 0.5) is 0 Å². The summed E-state index contributed by atoms with van der Waals surface area (Å²) >= 11 is 3.62. The van der Waals surface area contributed by atoms with Crippen LogP contribution in [0, 0.1) is 0 Å². The van der Waals surface area contributed by atoms with Crippen molar-refractivity contribution in [1.82, 2.24) is 0 Å². The van der Waals surface area contributed by atoms with Crippen LogP contribution >= 0.6 is 30.6 Å². The normalized spacial score (nSPS) is 13.9. The second-order valence-electron chi connectivity index (χ2n) is 4.43. The van der Waals surface area contributed by atoms with E-state index in [2.05, 4.69) is 64.0 Å². The summed E-state index contributed by atoms with van der Waals surface area (Å²) in [4.78, 5) is 0. The Labute approximate surface area is 121 Å². The minimum absolute atomic E-state index is 0.393. The quantitative estimate of drug-likeness (QED) is 0.465. The van der Waals surface area contributed by atoms with Gasteiger partial charge in [0.1, 0.15) is 0 Å². The fourth-order valence-electron chi connectivity index (χ4n) is 2.38. The monoisotopic (exact) mass is 298 g/mol. The molecule has 0 fully saturated rings. The molecule has 1 aliphatic heterocycles. The Morgan fingerprint density at radius 1 is 0.684 bits per heavy atom. The van der Waals surface area contributed by atoms with E-state index in [4.69, 9.17) is 0 Å². The average molecular weight is 298 g/mol. The summed E-state index contributed by atoms with van der Waals surface area (Å²) < 4.78 is 0. The second-order valence-corrected chi connectivity index (χ2v) is 8.07. The number of rotatable bonds is 1. The molecule has 0 saturated carbocycles. The molecular weight excluding hydrogens is 287 g/mol. The minimum Gasteiger partial charge on any atom is -0.151 e. The zero-order valence-electron chi connectivity index (χ0n) is 10.1. The first-order chi connectivity index (χ1) is 9.43. The van der Waals surface area contributed by atoms with E-state index in [0.717, 1.165) is 0 Å². The van der Waals surface area contributed by atoms with Crippen molar-refractivity contribution in [2.45, 2.75) is 0 Å². The maximum Gasteiger partial charge on any atom is 0.00290 e. The molecule has 2 aromatic heterocycles. The van der Waals surface area contributed by atoms with Gasteiger partial charge in [0.05, 0.1) is 0 Å². The summed E-state index contributed by atoms with van der Waals surface area (Å²) in [5.74, 6) is 0. The third-order valence-corrected chi connectivity index (χ3v) is 7.71. The Bertz CT molecular complexity index is 693. The fraction of sp³-hybridized carbons (Fsp3) is 0. The van der Waals surface area contributed by atoms with Gasteiger partial charge in [0, 0.05) is 10.6 Å². The highest BCUT2D eigenvalue weighted by Gasteiger charge is 2.23. The molecule has 0 unspecified atom stereocenters. The van der Waals surface area contributed by atoms with Crippen LogP contribution in [0.25, 0.3) is 12.2 Å². The molecule has 92 valence electrons. The number of benzene rings is 1. The zero-order valence-corrected chi connectivity index (χ0v) is 12.6. The van der Waals surface area contributed by atoms with Gasteiger partial charge in [-0.05, 0) is 45.9 Å². The van der Waals surface area contributed by atoms with E-state index in [-0.39, 0.29) is 0 Å². The summed E-state index contributed by atoms with van der Waals surface area (Å²) in [5.41, 5.74) is 2.78. The first-order valence-corrected chi connectivity index (χ1v) is 9.32. The van der Waals surface area contributed by atoms with E-state index < -0.39 is 7.92 Å². The molecule has 3 aromatic rings. The lowest BCUT2D eigenvalue weighted by Crippen LogP contribution is -2.20. The predicted molar refractivity (Wildman–Crippen MR) is 89.8 cm³/mol. The Morgan fingerprint density at radius 3 is 1.84 bits per heavy atom. The number of hydrogen-bond acceptors (Lipinski definition) is 2. The first-order valence-electron chi connectivity index (χ1n) is 6.09. The highest BCUT2D eigenvalue weighted by molar-refractivity contribution is 7.80. The van der Waals surface area contributed by atoms with Gasteiger partial charge in [0.25, 0.3) is 0 Å². The third-order valence-electron chi connectivity index (χ3n) is 3.28. The maximum absolute atomic E-state index is 2.32. The Hall–Kier alpha value is -1.21. The Balaban J connectivity index is 1.99. The summed E-state index contributed by atoms with van der Waals surface area (Å²) in [6.45, 7) is 0. The van der Waals surface area contributed by atoms with E-state index in [1.807, 2.05) is 22.7 Å². The molecule has 0 aliphatic carbocycles. The largest absolute Gasteiger partial charge is 0.151 e. The third kappa shape index (κ3) is 1.92. The molecule has 0 radical (unpaired) electrons. The lowest BCUT2D eigenvalue weighted by Gasteiger charge is -2.17. The molecule has 0 N–H and O–H groups in total. The smallest absolute Gasteiger partial charge is 0.00290 e. The topological polar surface area (TPSA) is 0 Å². The van der Waals surface area contributed by atoms with Gasteiger partial charge >= 0.3 is 0 Å². The molecular formula is C16H11PS2. The Morgan fingerprint density at radius 2 is 1.26 bits per heavy atom. The fourth-order valence-corrected chi connectivity index (χ4v) is 7.21. The summed E-state index contributed by atoms with van der Waals surface area (Å²) in [5, 5.41) is 13.6. The van der Waals surface area contributed by atoms with Crippen LogP contribution in [0.3, 0.4) is 0 Å². The molecule has 0 bridgehead atoms. The molecule has 0 nitrogen and oxygen atoms in total. The molecule has 3 heterocycles. The minimum atomic E-state index is -0.393. The highest BCUT2D eigenvalue weighted by Crippen LogP contribution is 2.40. The van der Waals surface area contributed by atoms with Crippen LogP contribution < -0.4 is 15.9 Å². The van der Waals surface area contributed by atoms with Crippen molar-refractivity contribution in [2.24, 2.45) is 0 Å². The van der Waals surface area contributed by atoms with Crippen molar-refractivity contribution in [3.63, 3.8) is 0 Å². The molecule has 1 aliphatic rings. The van der Waals surface area contributed by atoms with E-state index in [9.17, 15) is 0 Å². The predicted octanol–water partition coefficient (Wildman–Crippen LogP) is 4.05. The molecule has 19 heavy (non-hydrogen) atoms. The van der Waals surface area contributed by atoms with Gasteiger partial charge in [-0.15, -0.1) is 0 Å². The number of fused-ring (bicyclic) bond motifs is 2. The Kier molecular flexibility index (Phi) is 2.88. The van der Waals surface area contributed by atoms with Crippen LogP contribution in [0.15, 0.2) is 51.9 Å². The summed E-state index contributed by atoms with van der Waals surface area (Å²) in [7, 11) is -0.393. The van der Waals surface area contributed by atoms with Gasteiger partial charge in [0.15, 0.2) is 0 Å². The van der Waals surface area contributed by atoms with Crippen LogP contribution in [0.2, 0.25) is 0 Å². The van der Waals surface area contributed by atoms with Crippen LogP contribution in [-0.2, 0) is 0 Å². The molecule has 3 heteroatoms. The molecule has 4 rings (SSSR count). The molecule has 0 spiro atoms. The van der Waals surface area contributed by atoms with Crippen molar-refractivity contribution in [3.8, 4) is 0 Å². The lowest BCUT2D eigenvalue weighted by atomic mass is 10.2. The zero-order chi connectivity index (χ0) is 12.7. The summed E-state index contributed by atoms with van der Waals surface area (Å²) in [6.07, 6.45) is 4.53. The van der Waals surface area contributed by atoms with Crippen molar-refractivity contribution >= 4 is 58.7 Å². The second kappa shape index (κ2) is 4.72. The van der Waals surface area contributed by atoms with Crippen LogP contribution in [0.5, 0.6) is 0 Å². The van der Waals surface area contributed by atoms with Gasteiger partial charge < -0.3 is 0 Å². The van der Waals surface area contributed by atoms with Crippen molar-refractivity contribution < 1.29 is 0 Å². The van der Waals surface area contributed by atoms with E-state index >= 15 is 0 Å². The van der Waals surface area contributed by atoms with Crippen LogP contribution in [0.1, 0.15) is 11.1 Å². The first kappa shape index (κ1) is 11.6. The average Bonchev–Trinajstić information content (AvgIpc) is 3.07. The van der Waals surface area contributed by atoms with Crippen LogP contribution in [-0.4, -0.2) is 0 Å². The SMILES string of the molecule is C1=Cc2cscc2P(c2ccccc2)c2cscc21. The van der Waals surface area contributed by atoms with Crippen molar-refractivity contribution in [2.75, 3.05) is 0 Å². The summed E-state index contributed by atoms with van der Waals surface area (Å²) in [6, 6.07) is 10.9. The van der Waals surface area contributed by atoms with Crippen molar-refractivity contribution in [1.29, 1.82) is 0 Å². The standard InChI is InChI=1S/C16H11PS2/c1-2-4-14(5-3-1)17-15-10-18-8-12(15)6-7-13-9-19-11-16(13)17/h1-11H. The van der Waals surface area contributed by atoms with Gasteiger partial charge in [0.2, 0.25) is 0 Å². The maximum atomic E-state index is 2.32. The molecule has 0 atom stereocenters. The van der Waals surface area contributed by atoms with E-state index in [1.54, 1.807) is 0 Å². The molecule has 1 aromatic carbocycles. The van der Waals surface area contributed by atoms with Gasteiger partial charge in [-0.2, -0.15) is 22.7 Å². The van der Waals surface area contributed by atoms with E-state index in [0.29, 0.717) is 0 Å². The van der Waals surface area contributed by atoms with Gasteiger partial charge in [-0.25, -0.2) is 0 Å². The highest BCUT2D eigenvalue weighted by atomic mass is 32.1. The van der Waals surface area contributed by atoms with Gasteiger partial charge in [-0.1, -0.05) is 42.5 Å². The van der Waals surface area contributed by atoms with Crippen molar-refractivity contribution in [3.05, 3.63) is 63.0 Å². The molecule has 0 amide bonds. The van der Waals surface area contributed by atoms with E-state index in [1.165, 1.54) is 27.0 Å². The number of hydrogen-bond donors (Lipinski definition) is 0. The van der Waals surface area contributed by atoms with Gasteiger partial charge in [-0.3, -0.25) is 0 Å².